The van der Waals surface area contributed by atoms with Crippen LogP contribution in [0.25, 0.3) is 0 Å². The van der Waals surface area contributed by atoms with E-state index in [9.17, 15) is 14.4 Å². The van der Waals surface area contributed by atoms with Crippen molar-refractivity contribution in [3.8, 4) is 0 Å². The number of carbonyl (C=O) groups is 3. The molecule has 0 heterocycles. The highest BCUT2D eigenvalue weighted by atomic mass is 16.5. The van der Waals surface area contributed by atoms with Gasteiger partial charge >= 0.3 is 11.9 Å². The number of ether oxygens (including phenoxy) is 1. The molecule has 0 radical (unpaired) electrons. The van der Waals surface area contributed by atoms with Crippen molar-refractivity contribution in [1.29, 1.82) is 0 Å². The maximum atomic E-state index is 11.0. The van der Waals surface area contributed by atoms with Crippen LogP contribution in [-0.4, -0.2) is 29.9 Å². The summed E-state index contributed by atoms with van der Waals surface area (Å²) in [5, 5.41) is 8.58. The summed E-state index contributed by atoms with van der Waals surface area (Å²) in [6, 6.07) is 0. The number of rotatable bonds is 6. The Balaban J connectivity index is 4.15. The quantitative estimate of drug-likeness (QED) is 0.366. The Morgan fingerprint density at radius 3 is 2.54 bits per heavy atom. The molecule has 0 aromatic heterocycles. The van der Waals surface area contributed by atoms with Crippen molar-refractivity contribution < 1.29 is 24.2 Å². The van der Waals surface area contributed by atoms with Gasteiger partial charge in [0, 0.05) is 6.42 Å². The Hall–Kier alpha value is -1.39. The van der Waals surface area contributed by atoms with Gasteiger partial charge in [0.25, 0.3) is 0 Å². The lowest BCUT2D eigenvalue weighted by molar-refractivity contribution is -0.158. The molecule has 1 unspecified atom stereocenters. The first-order chi connectivity index (χ1) is 6.13. The van der Waals surface area contributed by atoms with Crippen molar-refractivity contribution >= 4 is 18.2 Å². The Kier molecular flexibility index (Phi) is 5.50. The van der Waals surface area contributed by atoms with E-state index in [2.05, 4.69) is 4.74 Å². The van der Waals surface area contributed by atoms with E-state index < -0.39 is 17.9 Å². The molecule has 0 saturated heterocycles. The zero-order valence-electron chi connectivity index (χ0n) is 7.36. The smallest absolute Gasteiger partial charge is 0.320 e. The number of carboxylic acids is 1. The van der Waals surface area contributed by atoms with Gasteiger partial charge in [0.05, 0.1) is 6.61 Å². The van der Waals surface area contributed by atoms with E-state index in [0.29, 0.717) is 6.29 Å². The van der Waals surface area contributed by atoms with E-state index in [-0.39, 0.29) is 19.4 Å². The van der Waals surface area contributed by atoms with Gasteiger partial charge in [-0.1, -0.05) is 0 Å². The van der Waals surface area contributed by atoms with E-state index in [0.717, 1.165) is 0 Å². The molecule has 0 fully saturated rings. The Labute approximate surface area is 75.7 Å². The van der Waals surface area contributed by atoms with E-state index >= 15 is 0 Å². The van der Waals surface area contributed by atoms with Gasteiger partial charge in [-0.25, -0.2) is 0 Å². The van der Waals surface area contributed by atoms with Gasteiger partial charge in [-0.3, -0.25) is 9.59 Å². The van der Waals surface area contributed by atoms with E-state index in [1.54, 1.807) is 6.92 Å². The normalized spacial score (nSPS) is 11.8. The van der Waals surface area contributed by atoms with Gasteiger partial charge in [0.2, 0.25) is 0 Å². The maximum Gasteiger partial charge on any atom is 0.320 e. The third kappa shape index (κ3) is 4.25. The lowest BCUT2D eigenvalue weighted by Crippen LogP contribution is -2.25. The van der Waals surface area contributed by atoms with E-state index in [1.807, 2.05) is 0 Å². The van der Waals surface area contributed by atoms with Gasteiger partial charge in [0.15, 0.2) is 5.92 Å². The van der Waals surface area contributed by atoms with Crippen LogP contribution in [-0.2, 0) is 19.1 Å². The minimum atomic E-state index is -1.25. The van der Waals surface area contributed by atoms with Gasteiger partial charge < -0.3 is 14.6 Å². The fourth-order valence-corrected chi connectivity index (χ4v) is 0.820. The summed E-state index contributed by atoms with van der Waals surface area (Å²) < 4.78 is 4.53. The third-order valence-electron chi connectivity index (χ3n) is 1.44. The van der Waals surface area contributed by atoms with Gasteiger partial charge in [-0.05, 0) is 13.3 Å². The van der Waals surface area contributed by atoms with Crippen LogP contribution in [0.5, 0.6) is 0 Å². The second kappa shape index (κ2) is 6.16. The summed E-state index contributed by atoms with van der Waals surface area (Å²) in [5.41, 5.74) is 0. The van der Waals surface area contributed by atoms with E-state index in [4.69, 9.17) is 5.11 Å². The molecule has 0 aromatic carbocycles. The lowest BCUT2D eigenvalue weighted by Gasteiger charge is -2.08. The average Bonchev–Trinajstić information content (AvgIpc) is 2.05. The number of aliphatic carboxylic acids is 1. The number of carbonyl (C=O) groups excluding carboxylic acids is 2. The van der Waals surface area contributed by atoms with Gasteiger partial charge in [-0.15, -0.1) is 0 Å². The summed E-state index contributed by atoms with van der Waals surface area (Å²) in [7, 11) is 0. The molecular formula is C8H12O5. The van der Waals surface area contributed by atoms with Crippen molar-refractivity contribution in [2.45, 2.75) is 19.8 Å². The summed E-state index contributed by atoms with van der Waals surface area (Å²) in [4.78, 5) is 31.4. The molecule has 5 nitrogen and oxygen atoms in total. The fraction of sp³-hybridized carbons (Fsp3) is 0.625. The molecule has 0 spiro atoms. The van der Waals surface area contributed by atoms with Crippen LogP contribution in [0.15, 0.2) is 0 Å². The van der Waals surface area contributed by atoms with Gasteiger partial charge in [-0.2, -0.15) is 0 Å². The molecule has 0 aromatic rings. The molecule has 0 aliphatic heterocycles. The Morgan fingerprint density at radius 2 is 2.15 bits per heavy atom. The number of esters is 1. The minimum Gasteiger partial charge on any atom is -0.481 e. The summed E-state index contributed by atoms with van der Waals surface area (Å²) >= 11 is 0. The monoisotopic (exact) mass is 188 g/mol. The van der Waals surface area contributed by atoms with E-state index in [1.165, 1.54) is 0 Å². The molecule has 0 amide bonds. The first kappa shape index (κ1) is 11.6. The lowest BCUT2D eigenvalue weighted by atomic mass is 10.0. The Bertz CT molecular complexity index is 199. The van der Waals surface area contributed by atoms with Crippen LogP contribution >= 0.6 is 0 Å². The maximum absolute atomic E-state index is 11.0. The highest BCUT2D eigenvalue weighted by Gasteiger charge is 2.26. The standard InChI is InChI=1S/C8H12O5/c1-2-13-8(12)6(7(10)11)4-3-5-9/h5-6H,2-4H2,1H3,(H,10,11). The molecule has 5 heteroatoms. The molecule has 0 saturated carbocycles. The van der Waals surface area contributed by atoms with Crippen LogP contribution in [0.4, 0.5) is 0 Å². The number of aldehydes is 1. The van der Waals surface area contributed by atoms with Crippen LogP contribution in [0.1, 0.15) is 19.8 Å². The number of carboxylic acid groups (broad SMARTS) is 1. The zero-order chi connectivity index (χ0) is 10.3. The highest BCUT2D eigenvalue weighted by molar-refractivity contribution is 5.94. The average molecular weight is 188 g/mol. The molecular weight excluding hydrogens is 176 g/mol. The first-order valence-electron chi connectivity index (χ1n) is 3.96. The second-order valence-corrected chi connectivity index (χ2v) is 2.39. The predicted molar refractivity (Wildman–Crippen MR) is 43.1 cm³/mol. The molecule has 1 atom stereocenters. The van der Waals surface area contributed by atoms with Crippen molar-refractivity contribution in [3.63, 3.8) is 0 Å². The third-order valence-corrected chi connectivity index (χ3v) is 1.44. The SMILES string of the molecule is CCOC(=O)C(CCC=O)C(=O)O. The number of hydrogen-bond acceptors (Lipinski definition) is 4. The largest absolute Gasteiger partial charge is 0.481 e. The fourth-order valence-electron chi connectivity index (χ4n) is 0.820. The second-order valence-electron chi connectivity index (χ2n) is 2.39. The van der Waals surface area contributed by atoms with Crippen LogP contribution in [0, 0.1) is 5.92 Å². The summed E-state index contributed by atoms with van der Waals surface area (Å²) in [6.45, 7) is 1.74. The molecule has 0 rings (SSSR count). The van der Waals surface area contributed by atoms with Crippen molar-refractivity contribution in [2.24, 2.45) is 5.92 Å². The predicted octanol–water partition coefficient (Wildman–Crippen LogP) is 0.229. The molecule has 0 aliphatic carbocycles. The van der Waals surface area contributed by atoms with Crippen molar-refractivity contribution in [2.75, 3.05) is 6.61 Å². The van der Waals surface area contributed by atoms with Crippen LogP contribution in [0.3, 0.4) is 0 Å². The first-order valence-corrected chi connectivity index (χ1v) is 3.96. The zero-order valence-corrected chi connectivity index (χ0v) is 7.36. The number of hydrogen-bond donors (Lipinski definition) is 1. The Morgan fingerprint density at radius 1 is 1.54 bits per heavy atom. The van der Waals surface area contributed by atoms with Crippen molar-refractivity contribution in [3.05, 3.63) is 0 Å². The molecule has 13 heavy (non-hydrogen) atoms. The van der Waals surface area contributed by atoms with Crippen LogP contribution < -0.4 is 0 Å². The summed E-state index contributed by atoms with van der Waals surface area (Å²) in [6.07, 6.45) is 0.628. The molecule has 1 N–H and O–H groups in total. The van der Waals surface area contributed by atoms with Crippen LogP contribution in [0.2, 0.25) is 0 Å². The molecule has 0 aliphatic rings. The van der Waals surface area contributed by atoms with Gasteiger partial charge in [0.1, 0.15) is 6.29 Å². The highest BCUT2D eigenvalue weighted by Crippen LogP contribution is 2.08. The molecule has 0 bridgehead atoms. The van der Waals surface area contributed by atoms with Crippen molar-refractivity contribution in [1.82, 2.24) is 0 Å². The molecule has 74 valence electrons. The summed E-state index contributed by atoms with van der Waals surface area (Å²) in [5.74, 6) is -3.25. The minimum absolute atomic E-state index is 0.00231. The topological polar surface area (TPSA) is 80.7 Å².